The molecule has 1 heterocycles. The van der Waals surface area contributed by atoms with Gasteiger partial charge in [-0.1, -0.05) is 60.1 Å². The van der Waals surface area contributed by atoms with Crippen molar-refractivity contribution in [2.24, 2.45) is 0 Å². The summed E-state index contributed by atoms with van der Waals surface area (Å²) in [6.45, 7) is 0. The van der Waals surface area contributed by atoms with Gasteiger partial charge in [-0.05, 0) is 23.1 Å². The molecule has 0 bridgehead atoms. The smallest absolute Gasteiger partial charge is 0.195 e. The molecule has 0 saturated carbocycles. The van der Waals surface area contributed by atoms with E-state index in [9.17, 15) is 4.79 Å². The Kier molecular flexibility index (Phi) is 3.20. The van der Waals surface area contributed by atoms with Crippen LogP contribution in [0.1, 0.15) is 0 Å². The summed E-state index contributed by atoms with van der Waals surface area (Å²) in [6, 6.07) is 21.0. The third kappa shape index (κ3) is 2.40. The third-order valence-electron chi connectivity index (χ3n) is 4.01. The minimum atomic E-state index is -0.0439. The van der Waals surface area contributed by atoms with Gasteiger partial charge in [0.15, 0.2) is 5.43 Å². The quantitative estimate of drug-likeness (QED) is 0.504. The minimum Gasteiger partial charge on any atom is -0.289 e. The Bertz CT molecular complexity index is 1090. The lowest BCUT2D eigenvalue weighted by molar-refractivity contribution is 1.41. The van der Waals surface area contributed by atoms with E-state index < -0.39 is 0 Å². The first-order valence-electron chi connectivity index (χ1n) is 7.40. The number of aromatic nitrogens is 1. The van der Waals surface area contributed by atoms with E-state index in [-0.39, 0.29) is 5.43 Å². The summed E-state index contributed by atoms with van der Waals surface area (Å²) in [4.78, 5) is 17.4. The molecule has 3 aromatic carbocycles. The standard InChI is InChI=1S/C20H12BNO/c21-16-8-6-14-7-9-19-18(20(23)17(14)11-16)10-15(12-22-19)13-4-2-1-3-5-13/h1-12H. The van der Waals surface area contributed by atoms with Crippen LogP contribution in [0.4, 0.5) is 0 Å². The second-order valence-corrected chi connectivity index (χ2v) is 5.53. The number of pyridine rings is 1. The van der Waals surface area contributed by atoms with E-state index in [2.05, 4.69) is 4.98 Å². The third-order valence-corrected chi connectivity index (χ3v) is 4.01. The van der Waals surface area contributed by atoms with Crippen molar-refractivity contribution >= 4 is 35.0 Å². The summed E-state index contributed by atoms with van der Waals surface area (Å²) in [6.07, 6.45) is 1.80. The summed E-state index contributed by atoms with van der Waals surface area (Å²) in [5, 5.41) is 2.09. The van der Waals surface area contributed by atoms with Crippen molar-refractivity contribution in [1.29, 1.82) is 0 Å². The van der Waals surface area contributed by atoms with Crippen LogP contribution in [0.15, 0.2) is 77.7 Å². The topological polar surface area (TPSA) is 30.0 Å². The van der Waals surface area contributed by atoms with Crippen LogP contribution in [0.25, 0.3) is 32.8 Å². The van der Waals surface area contributed by atoms with E-state index in [0.29, 0.717) is 21.8 Å². The van der Waals surface area contributed by atoms with E-state index in [1.54, 1.807) is 18.3 Å². The molecule has 23 heavy (non-hydrogen) atoms. The van der Waals surface area contributed by atoms with Gasteiger partial charge in [0.1, 0.15) is 7.85 Å². The molecule has 2 radical (unpaired) electrons. The molecule has 0 aliphatic rings. The highest BCUT2D eigenvalue weighted by atomic mass is 16.1. The molecule has 0 amide bonds. The minimum absolute atomic E-state index is 0.0439. The Morgan fingerprint density at radius 2 is 1.57 bits per heavy atom. The Balaban J connectivity index is 2.10. The lowest BCUT2D eigenvalue weighted by Gasteiger charge is -2.01. The van der Waals surface area contributed by atoms with E-state index >= 15 is 0 Å². The fourth-order valence-electron chi connectivity index (χ4n) is 2.81. The zero-order valence-corrected chi connectivity index (χ0v) is 12.4. The summed E-state index contributed by atoms with van der Waals surface area (Å²) in [7, 11) is 5.84. The van der Waals surface area contributed by atoms with Crippen molar-refractivity contribution in [3.8, 4) is 11.1 Å². The highest BCUT2D eigenvalue weighted by molar-refractivity contribution is 6.33. The maximum absolute atomic E-state index is 12.9. The van der Waals surface area contributed by atoms with Crippen molar-refractivity contribution in [2.45, 2.75) is 0 Å². The maximum Gasteiger partial charge on any atom is 0.195 e. The van der Waals surface area contributed by atoms with Crippen LogP contribution >= 0.6 is 0 Å². The molecule has 0 fully saturated rings. The van der Waals surface area contributed by atoms with Gasteiger partial charge in [0.05, 0.1) is 5.52 Å². The molecule has 0 spiro atoms. The molecule has 0 N–H and O–H groups in total. The summed E-state index contributed by atoms with van der Waals surface area (Å²) in [5.74, 6) is 0. The SMILES string of the molecule is [B]c1ccc2ccc3ncc(-c4ccccc4)cc3c(=O)c2c1. The van der Waals surface area contributed by atoms with E-state index in [0.717, 1.165) is 16.5 Å². The van der Waals surface area contributed by atoms with Gasteiger partial charge in [-0.15, -0.1) is 0 Å². The highest BCUT2D eigenvalue weighted by Crippen LogP contribution is 2.21. The summed E-state index contributed by atoms with van der Waals surface area (Å²) in [5.41, 5.74) is 3.19. The molecule has 106 valence electrons. The average molecular weight is 293 g/mol. The van der Waals surface area contributed by atoms with Crippen LogP contribution in [0, 0.1) is 0 Å². The van der Waals surface area contributed by atoms with E-state index in [1.807, 2.05) is 54.6 Å². The number of hydrogen-bond acceptors (Lipinski definition) is 2. The van der Waals surface area contributed by atoms with Crippen LogP contribution in [0.3, 0.4) is 0 Å². The van der Waals surface area contributed by atoms with E-state index in [4.69, 9.17) is 7.85 Å². The van der Waals surface area contributed by atoms with Crippen molar-refractivity contribution in [3.05, 3.63) is 83.2 Å². The van der Waals surface area contributed by atoms with E-state index in [1.165, 1.54) is 0 Å². The lowest BCUT2D eigenvalue weighted by Crippen LogP contribution is -2.06. The maximum atomic E-state index is 12.9. The number of rotatable bonds is 1. The van der Waals surface area contributed by atoms with Crippen LogP contribution in [-0.4, -0.2) is 12.8 Å². The average Bonchev–Trinajstić information content (AvgIpc) is 2.73. The van der Waals surface area contributed by atoms with Gasteiger partial charge in [-0.3, -0.25) is 9.78 Å². The van der Waals surface area contributed by atoms with Gasteiger partial charge < -0.3 is 0 Å². The predicted octanol–water partition coefficient (Wildman–Crippen LogP) is 3.21. The first-order chi connectivity index (χ1) is 11.2. The monoisotopic (exact) mass is 293 g/mol. The van der Waals surface area contributed by atoms with Gasteiger partial charge in [-0.2, -0.15) is 0 Å². The first-order valence-corrected chi connectivity index (χ1v) is 7.40. The van der Waals surface area contributed by atoms with Crippen LogP contribution in [0.2, 0.25) is 0 Å². The van der Waals surface area contributed by atoms with Crippen LogP contribution in [-0.2, 0) is 0 Å². The number of fused-ring (bicyclic) bond motifs is 2. The van der Waals surface area contributed by atoms with Crippen molar-refractivity contribution in [1.82, 2.24) is 4.98 Å². The molecule has 4 aromatic rings. The molecule has 3 heteroatoms. The Labute approximate surface area is 134 Å². The molecule has 0 saturated heterocycles. The summed E-state index contributed by atoms with van der Waals surface area (Å²) < 4.78 is 0. The van der Waals surface area contributed by atoms with Crippen LogP contribution < -0.4 is 10.9 Å². The van der Waals surface area contributed by atoms with Gasteiger partial charge >= 0.3 is 0 Å². The Morgan fingerprint density at radius 1 is 0.783 bits per heavy atom. The summed E-state index contributed by atoms with van der Waals surface area (Å²) >= 11 is 0. The molecule has 1 aromatic heterocycles. The van der Waals surface area contributed by atoms with Gasteiger partial charge in [0.2, 0.25) is 0 Å². The molecular formula is C20H12BNO. The molecule has 4 rings (SSSR count). The molecule has 0 aliphatic heterocycles. The van der Waals surface area contributed by atoms with Crippen molar-refractivity contribution in [2.75, 3.05) is 0 Å². The zero-order chi connectivity index (χ0) is 15.8. The first kappa shape index (κ1) is 13.7. The molecular weight excluding hydrogens is 281 g/mol. The number of benzene rings is 2. The molecule has 0 atom stereocenters. The van der Waals surface area contributed by atoms with Crippen LogP contribution in [0.5, 0.6) is 0 Å². The zero-order valence-electron chi connectivity index (χ0n) is 12.4. The second kappa shape index (κ2) is 5.36. The van der Waals surface area contributed by atoms with Crippen molar-refractivity contribution in [3.63, 3.8) is 0 Å². The molecule has 0 aliphatic carbocycles. The number of nitrogens with zero attached hydrogens (tertiary/aromatic N) is 1. The normalized spacial score (nSPS) is 11.0. The number of hydrogen-bond donors (Lipinski definition) is 0. The Morgan fingerprint density at radius 3 is 2.39 bits per heavy atom. The Hall–Kier alpha value is -2.94. The lowest BCUT2D eigenvalue weighted by atomic mass is 9.94. The largest absolute Gasteiger partial charge is 0.289 e. The molecule has 0 unspecified atom stereocenters. The molecule has 2 nitrogen and oxygen atoms in total. The van der Waals surface area contributed by atoms with Gasteiger partial charge in [0, 0.05) is 22.5 Å². The van der Waals surface area contributed by atoms with Gasteiger partial charge in [-0.25, -0.2) is 0 Å². The van der Waals surface area contributed by atoms with Gasteiger partial charge in [0.25, 0.3) is 0 Å². The highest BCUT2D eigenvalue weighted by Gasteiger charge is 2.06. The fourth-order valence-corrected chi connectivity index (χ4v) is 2.81. The fraction of sp³-hybridized carbons (Fsp3) is 0. The second-order valence-electron chi connectivity index (χ2n) is 5.53. The van der Waals surface area contributed by atoms with Crippen molar-refractivity contribution < 1.29 is 0 Å². The predicted molar refractivity (Wildman–Crippen MR) is 96.3 cm³/mol.